The summed E-state index contributed by atoms with van der Waals surface area (Å²) < 4.78 is 0. The molecule has 108 valence electrons. The van der Waals surface area contributed by atoms with E-state index in [0.29, 0.717) is 5.92 Å². The first-order valence-electron chi connectivity index (χ1n) is 7.22. The Balaban J connectivity index is 2.83. The molecule has 1 aromatic rings. The second kappa shape index (κ2) is 6.53. The Labute approximate surface area is 119 Å². The van der Waals surface area contributed by atoms with Gasteiger partial charge < -0.3 is 10.6 Å². The van der Waals surface area contributed by atoms with Crippen LogP contribution in [0.4, 0.5) is 0 Å². The molecule has 1 rings (SSSR count). The molecule has 2 N–H and O–H groups in total. The molecule has 0 saturated heterocycles. The van der Waals surface area contributed by atoms with Crippen LogP contribution >= 0.6 is 0 Å². The molecule has 0 aliphatic rings. The largest absolute Gasteiger partial charge is 0.330 e. The Bertz CT molecular complexity index is 404. The third-order valence-electron chi connectivity index (χ3n) is 3.68. The van der Waals surface area contributed by atoms with E-state index in [1.54, 1.807) is 0 Å². The van der Waals surface area contributed by atoms with Gasteiger partial charge in [-0.25, -0.2) is 0 Å². The van der Waals surface area contributed by atoms with Gasteiger partial charge in [0.25, 0.3) is 0 Å². The van der Waals surface area contributed by atoms with Crippen LogP contribution in [0.3, 0.4) is 0 Å². The molecule has 1 aromatic carbocycles. The molecule has 1 atom stereocenters. The van der Waals surface area contributed by atoms with Crippen molar-refractivity contribution in [3.63, 3.8) is 0 Å². The predicted molar refractivity (Wildman–Crippen MR) is 84.4 cm³/mol. The summed E-state index contributed by atoms with van der Waals surface area (Å²) in [6.45, 7) is 14.0. The second-order valence-electron chi connectivity index (χ2n) is 6.93. The van der Waals surface area contributed by atoms with Crippen molar-refractivity contribution in [2.24, 2.45) is 11.7 Å². The lowest BCUT2D eigenvalue weighted by Gasteiger charge is -2.24. The Morgan fingerprint density at radius 2 is 1.89 bits per heavy atom. The molecule has 0 aliphatic carbocycles. The number of nitrogens with zero attached hydrogens (tertiary/aromatic N) is 1. The van der Waals surface area contributed by atoms with Gasteiger partial charge in [0.1, 0.15) is 0 Å². The smallest absolute Gasteiger partial charge is 0.0233 e. The van der Waals surface area contributed by atoms with Gasteiger partial charge in [0.05, 0.1) is 0 Å². The summed E-state index contributed by atoms with van der Waals surface area (Å²) in [6.07, 6.45) is 0. The van der Waals surface area contributed by atoms with Gasteiger partial charge in [-0.3, -0.25) is 0 Å². The fourth-order valence-corrected chi connectivity index (χ4v) is 2.27. The van der Waals surface area contributed by atoms with Gasteiger partial charge in [-0.05, 0) is 48.5 Å². The molecule has 2 nitrogen and oxygen atoms in total. The lowest BCUT2D eigenvalue weighted by atomic mass is 9.85. The number of nitrogens with two attached hydrogens (primary N) is 1. The van der Waals surface area contributed by atoms with Crippen molar-refractivity contribution < 1.29 is 0 Å². The molecule has 0 aromatic heterocycles. The number of hydrogen-bond acceptors (Lipinski definition) is 2. The number of aryl methyl sites for hydroxylation is 1. The minimum absolute atomic E-state index is 0.214. The maximum atomic E-state index is 5.70. The monoisotopic (exact) mass is 262 g/mol. The van der Waals surface area contributed by atoms with E-state index < -0.39 is 0 Å². The third-order valence-corrected chi connectivity index (χ3v) is 3.68. The van der Waals surface area contributed by atoms with Gasteiger partial charge in [0.2, 0.25) is 0 Å². The maximum Gasteiger partial charge on any atom is 0.0233 e. The Kier molecular flexibility index (Phi) is 5.57. The minimum Gasteiger partial charge on any atom is -0.330 e. The molecule has 1 unspecified atom stereocenters. The van der Waals surface area contributed by atoms with E-state index in [-0.39, 0.29) is 5.41 Å². The van der Waals surface area contributed by atoms with Crippen LogP contribution < -0.4 is 5.73 Å². The van der Waals surface area contributed by atoms with E-state index in [2.05, 4.69) is 64.8 Å². The molecule has 19 heavy (non-hydrogen) atoms. The van der Waals surface area contributed by atoms with Crippen molar-refractivity contribution in [3.8, 4) is 0 Å². The summed E-state index contributed by atoms with van der Waals surface area (Å²) in [5.41, 5.74) is 10.1. The summed E-state index contributed by atoms with van der Waals surface area (Å²) in [4.78, 5) is 2.37. The average molecular weight is 262 g/mol. The molecule has 0 amide bonds. The fourth-order valence-electron chi connectivity index (χ4n) is 2.27. The van der Waals surface area contributed by atoms with Gasteiger partial charge in [0, 0.05) is 13.1 Å². The van der Waals surface area contributed by atoms with Gasteiger partial charge in [-0.1, -0.05) is 45.9 Å². The minimum atomic E-state index is 0.214. The molecular formula is C17H30N2. The van der Waals surface area contributed by atoms with Gasteiger partial charge in [-0.2, -0.15) is 0 Å². The highest BCUT2D eigenvalue weighted by molar-refractivity contribution is 5.34. The predicted octanol–water partition coefficient (Wildman–Crippen LogP) is 3.32. The first kappa shape index (κ1) is 16.2. The molecule has 0 fully saturated rings. The number of benzene rings is 1. The zero-order valence-electron chi connectivity index (χ0n) is 13.5. The van der Waals surface area contributed by atoms with Gasteiger partial charge >= 0.3 is 0 Å². The topological polar surface area (TPSA) is 29.3 Å². The zero-order valence-corrected chi connectivity index (χ0v) is 13.5. The van der Waals surface area contributed by atoms with Crippen LogP contribution in [0.15, 0.2) is 18.2 Å². The molecule has 0 aliphatic heterocycles. The molecule has 0 radical (unpaired) electrons. The van der Waals surface area contributed by atoms with Crippen molar-refractivity contribution in [1.29, 1.82) is 0 Å². The van der Waals surface area contributed by atoms with Crippen LogP contribution in [0.5, 0.6) is 0 Å². The van der Waals surface area contributed by atoms with Crippen molar-refractivity contribution in [1.82, 2.24) is 4.90 Å². The first-order valence-corrected chi connectivity index (χ1v) is 7.22. The van der Waals surface area contributed by atoms with E-state index in [1.807, 2.05) is 0 Å². The van der Waals surface area contributed by atoms with Crippen LogP contribution in [0.2, 0.25) is 0 Å². The van der Waals surface area contributed by atoms with Crippen molar-refractivity contribution in [2.75, 3.05) is 20.1 Å². The Hall–Kier alpha value is -0.860. The van der Waals surface area contributed by atoms with Crippen LogP contribution in [0, 0.1) is 12.8 Å². The van der Waals surface area contributed by atoms with Crippen molar-refractivity contribution in [2.45, 2.75) is 46.6 Å². The zero-order chi connectivity index (χ0) is 14.6. The summed E-state index contributed by atoms with van der Waals surface area (Å²) in [7, 11) is 2.18. The summed E-state index contributed by atoms with van der Waals surface area (Å²) in [5, 5.41) is 0. The molecule has 0 spiro atoms. The standard InChI is InChI=1S/C17H30N2/c1-13(10-18)11-19(6)12-15-9-16(17(3,4)5)8-7-14(15)2/h7-9,13H,10-12,18H2,1-6H3. The Morgan fingerprint density at radius 1 is 1.26 bits per heavy atom. The molecule has 0 saturated carbocycles. The van der Waals surface area contributed by atoms with Crippen molar-refractivity contribution >= 4 is 0 Å². The molecular weight excluding hydrogens is 232 g/mol. The third kappa shape index (κ3) is 4.96. The van der Waals surface area contributed by atoms with Crippen molar-refractivity contribution in [3.05, 3.63) is 34.9 Å². The summed E-state index contributed by atoms with van der Waals surface area (Å²) in [5.74, 6) is 0.552. The van der Waals surface area contributed by atoms with E-state index in [4.69, 9.17) is 5.73 Å². The van der Waals surface area contributed by atoms with Crippen LogP contribution in [0.25, 0.3) is 0 Å². The van der Waals surface area contributed by atoms with Crippen LogP contribution in [-0.4, -0.2) is 25.0 Å². The van der Waals surface area contributed by atoms with Gasteiger partial charge in [0.15, 0.2) is 0 Å². The average Bonchev–Trinajstić information content (AvgIpc) is 2.30. The first-order chi connectivity index (χ1) is 8.74. The summed E-state index contributed by atoms with van der Waals surface area (Å²) in [6, 6.07) is 6.86. The van der Waals surface area contributed by atoms with E-state index in [9.17, 15) is 0 Å². The molecule has 0 bridgehead atoms. The maximum absolute atomic E-state index is 5.70. The SMILES string of the molecule is Cc1ccc(C(C)(C)C)cc1CN(C)CC(C)CN. The lowest BCUT2D eigenvalue weighted by Crippen LogP contribution is -2.28. The molecule has 0 heterocycles. The quantitative estimate of drug-likeness (QED) is 0.882. The molecule has 2 heteroatoms. The van der Waals surface area contributed by atoms with Crippen LogP contribution in [-0.2, 0) is 12.0 Å². The number of rotatable bonds is 5. The van der Waals surface area contributed by atoms with E-state index >= 15 is 0 Å². The summed E-state index contributed by atoms with van der Waals surface area (Å²) >= 11 is 0. The fraction of sp³-hybridized carbons (Fsp3) is 0.647. The lowest BCUT2D eigenvalue weighted by molar-refractivity contribution is 0.281. The number of hydrogen-bond donors (Lipinski definition) is 1. The van der Waals surface area contributed by atoms with Crippen LogP contribution in [0.1, 0.15) is 44.4 Å². The Morgan fingerprint density at radius 3 is 2.42 bits per heavy atom. The second-order valence-corrected chi connectivity index (χ2v) is 6.93. The normalized spacial score (nSPS) is 13.9. The van der Waals surface area contributed by atoms with E-state index in [1.165, 1.54) is 16.7 Å². The highest BCUT2D eigenvalue weighted by Crippen LogP contribution is 2.25. The van der Waals surface area contributed by atoms with Gasteiger partial charge in [-0.15, -0.1) is 0 Å². The highest BCUT2D eigenvalue weighted by atomic mass is 15.1. The van der Waals surface area contributed by atoms with E-state index in [0.717, 1.165) is 19.6 Å². The highest BCUT2D eigenvalue weighted by Gasteiger charge is 2.15.